The average molecular weight is 397 g/mol. The van der Waals surface area contributed by atoms with E-state index in [2.05, 4.69) is 31.2 Å². The number of hydrogen-bond acceptors (Lipinski definition) is 0. The van der Waals surface area contributed by atoms with E-state index in [0.29, 0.717) is 5.56 Å². The van der Waals surface area contributed by atoms with Crippen LogP contribution in [0.2, 0.25) is 5.02 Å². The van der Waals surface area contributed by atoms with E-state index in [1.165, 1.54) is 65.6 Å². The first-order valence-corrected chi connectivity index (χ1v) is 10.3. The molecule has 1 aliphatic carbocycles. The molecule has 0 atom stereocenters. The van der Waals surface area contributed by atoms with Crippen LogP contribution in [-0.4, -0.2) is 0 Å². The predicted molar refractivity (Wildman–Crippen MR) is 113 cm³/mol. The van der Waals surface area contributed by atoms with Gasteiger partial charge in [0.1, 0.15) is 16.7 Å². The third-order valence-electron chi connectivity index (χ3n) is 5.58. The maximum absolute atomic E-state index is 13.8. The molecule has 0 nitrogen and oxygen atoms in total. The lowest BCUT2D eigenvalue weighted by molar-refractivity contribution is 0.585. The molecule has 0 aromatic heterocycles. The number of unbranched alkanes of at least 4 members (excludes halogenated alkanes) is 3. The van der Waals surface area contributed by atoms with E-state index >= 15 is 0 Å². The van der Waals surface area contributed by atoms with Gasteiger partial charge in [-0.15, -0.1) is 0 Å². The molecule has 0 aliphatic heterocycles. The van der Waals surface area contributed by atoms with E-state index < -0.39 is 16.7 Å². The maximum atomic E-state index is 13.8. The van der Waals surface area contributed by atoms with Crippen LogP contribution in [0.15, 0.2) is 48.5 Å². The van der Waals surface area contributed by atoms with Gasteiger partial charge >= 0.3 is 0 Å². The second-order valence-corrected chi connectivity index (χ2v) is 7.98. The molecule has 0 radical (unpaired) electrons. The molecular formula is C25H23ClF2. The Bertz CT molecular complexity index is 1000. The standard InChI is InChI=1S/C25H23ClF2/c1-2-3-4-5-6-16-7-9-21-19(11-16)13-20-12-17(8-10-22(20)21)18-14-23(27)25(26)24(28)15-18/h7-12,14-15H,2-6,13H2,1H3. The Morgan fingerprint density at radius 2 is 1.46 bits per heavy atom. The molecule has 3 heteroatoms. The van der Waals surface area contributed by atoms with Crippen molar-refractivity contribution >= 4 is 11.6 Å². The molecular weight excluding hydrogens is 374 g/mol. The van der Waals surface area contributed by atoms with Crippen molar-refractivity contribution in [3.63, 3.8) is 0 Å². The molecule has 1 aliphatic rings. The summed E-state index contributed by atoms with van der Waals surface area (Å²) in [5.74, 6) is -1.46. The summed E-state index contributed by atoms with van der Waals surface area (Å²) in [6.45, 7) is 2.23. The van der Waals surface area contributed by atoms with Gasteiger partial charge in [-0.2, -0.15) is 0 Å². The quantitative estimate of drug-likeness (QED) is 0.229. The van der Waals surface area contributed by atoms with E-state index in [-0.39, 0.29) is 0 Å². The van der Waals surface area contributed by atoms with Crippen molar-refractivity contribution in [3.8, 4) is 22.3 Å². The fourth-order valence-electron chi connectivity index (χ4n) is 4.08. The molecule has 0 unspecified atom stereocenters. The molecule has 3 aromatic rings. The van der Waals surface area contributed by atoms with Gasteiger partial charge < -0.3 is 0 Å². The summed E-state index contributed by atoms with van der Waals surface area (Å²) in [5.41, 5.74) is 7.74. The molecule has 0 saturated heterocycles. The fraction of sp³-hybridized carbons (Fsp3) is 0.280. The van der Waals surface area contributed by atoms with E-state index in [4.69, 9.17) is 11.6 Å². The minimum atomic E-state index is -0.729. The molecule has 4 rings (SSSR count). The second-order valence-electron chi connectivity index (χ2n) is 7.60. The Balaban J connectivity index is 1.58. The molecule has 144 valence electrons. The largest absolute Gasteiger partial charge is 0.205 e. The zero-order chi connectivity index (χ0) is 19.7. The van der Waals surface area contributed by atoms with Gasteiger partial charge in [0.25, 0.3) is 0 Å². The number of benzene rings is 3. The molecule has 0 N–H and O–H groups in total. The van der Waals surface area contributed by atoms with Gasteiger partial charge in [-0.05, 0) is 70.3 Å². The third-order valence-corrected chi connectivity index (χ3v) is 5.94. The normalized spacial score (nSPS) is 12.1. The fourth-order valence-corrected chi connectivity index (χ4v) is 4.19. The summed E-state index contributed by atoms with van der Waals surface area (Å²) in [6.07, 6.45) is 7.05. The number of aryl methyl sites for hydroxylation is 1. The van der Waals surface area contributed by atoms with E-state index in [1.54, 1.807) is 0 Å². The van der Waals surface area contributed by atoms with Crippen molar-refractivity contribution in [1.82, 2.24) is 0 Å². The van der Waals surface area contributed by atoms with Crippen LogP contribution in [-0.2, 0) is 12.8 Å². The lowest BCUT2D eigenvalue weighted by atomic mass is 9.98. The van der Waals surface area contributed by atoms with Crippen LogP contribution in [0.1, 0.15) is 49.3 Å². The zero-order valence-electron chi connectivity index (χ0n) is 16.0. The topological polar surface area (TPSA) is 0 Å². The molecule has 0 amide bonds. The van der Waals surface area contributed by atoms with Crippen molar-refractivity contribution < 1.29 is 8.78 Å². The Kier molecular flexibility index (Phi) is 5.50. The molecule has 0 spiro atoms. The SMILES string of the molecule is CCCCCCc1ccc2c(c1)Cc1cc(-c3cc(F)c(Cl)c(F)c3)ccc1-2. The molecule has 0 heterocycles. The highest BCUT2D eigenvalue weighted by atomic mass is 35.5. The summed E-state index contributed by atoms with van der Waals surface area (Å²) in [4.78, 5) is 0. The van der Waals surface area contributed by atoms with Crippen molar-refractivity contribution in [2.75, 3.05) is 0 Å². The molecule has 3 aromatic carbocycles. The Morgan fingerprint density at radius 1 is 0.786 bits per heavy atom. The smallest absolute Gasteiger partial charge is 0.145 e. The van der Waals surface area contributed by atoms with Gasteiger partial charge in [0.2, 0.25) is 0 Å². The van der Waals surface area contributed by atoms with Crippen molar-refractivity contribution in [3.05, 3.63) is 81.9 Å². The van der Waals surface area contributed by atoms with Crippen LogP contribution >= 0.6 is 11.6 Å². The van der Waals surface area contributed by atoms with Gasteiger partial charge in [-0.25, -0.2) is 8.78 Å². The van der Waals surface area contributed by atoms with Crippen molar-refractivity contribution in [2.24, 2.45) is 0 Å². The number of halogens is 3. The highest BCUT2D eigenvalue weighted by Crippen LogP contribution is 2.39. The monoisotopic (exact) mass is 396 g/mol. The van der Waals surface area contributed by atoms with Gasteiger partial charge in [0, 0.05) is 0 Å². The maximum Gasteiger partial charge on any atom is 0.145 e. The first kappa shape index (κ1) is 19.1. The van der Waals surface area contributed by atoms with Crippen LogP contribution in [0.5, 0.6) is 0 Å². The van der Waals surface area contributed by atoms with Crippen LogP contribution in [0.4, 0.5) is 8.78 Å². The van der Waals surface area contributed by atoms with Gasteiger partial charge in [-0.1, -0.05) is 74.2 Å². The third kappa shape index (κ3) is 3.71. The van der Waals surface area contributed by atoms with Gasteiger partial charge in [-0.3, -0.25) is 0 Å². The average Bonchev–Trinajstić information content (AvgIpc) is 3.06. The minimum absolute atomic E-state index is 0.455. The summed E-state index contributed by atoms with van der Waals surface area (Å²) >= 11 is 5.61. The zero-order valence-corrected chi connectivity index (χ0v) is 16.8. The van der Waals surface area contributed by atoms with Gasteiger partial charge in [0.05, 0.1) is 0 Å². The van der Waals surface area contributed by atoms with Crippen molar-refractivity contribution in [2.45, 2.75) is 45.4 Å². The van der Waals surface area contributed by atoms with Crippen LogP contribution in [0.3, 0.4) is 0 Å². The minimum Gasteiger partial charge on any atom is -0.205 e. The number of fused-ring (bicyclic) bond motifs is 3. The Hall–Kier alpha value is -2.19. The van der Waals surface area contributed by atoms with E-state index in [0.717, 1.165) is 18.4 Å². The lowest BCUT2D eigenvalue weighted by Gasteiger charge is -2.08. The van der Waals surface area contributed by atoms with Crippen LogP contribution in [0, 0.1) is 11.6 Å². The first-order valence-electron chi connectivity index (χ1n) is 9.97. The molecule has 0 fully saturated rings. The highest BCUT2D eigenvalue weighted by Gasteiger charge is 2.20. The predicted octanol–water partition coefficient (Wildman–Crippen LogP) is 7.98. The highest BCUT2D eigenvalue weighted by molar-refractivity contribution is 6.31. The molecule has 28 heavy (non-hydrogen) atoms. The Labute approximate surface area is 170 Å². The van der Waals surface area contributed by atoms with Crippen LogP contribution in [0.25, 0.3) is 22.3 Å². The molecule has 0 saturated carbocycles. The summed E-state index contributed by atoms with van der Waals surface area (Å²) in [7, 11) is 0. The van der Waals surface area contributed by atoms with Crippen LogP contribution < -0.4 is 0 Å². The van der Waals surface area contributed by atoms with Crippen molar-refractivity contribution in [1.29, 1.82) is 0 Å². The number of hydrogen-bond donors (Lipinski definition) is 0. The summed E-state index contributed by atoms with van der Waals surface area (Å²) in [5, 5.41) is -0.455. The molecule has 0 bridgehead atoms. The second kappa shape index (κ2) is 8.05. The summed E-state index contributed by atoms with van der Waals surface area (Å²) in [6, 6.07) is 15.4. The summed E-state index contributed by atoms with van der Waals surface area (Å²) < 4.78 is 27.7. The number of rotatable bonds is 6. The van der Waals surface area contributed by atoms with E-state index in [9.17, 15) is 8.78 Å². The van der Waals surface area contributed by atoms with E-state index in [1.807, 2.05) is 12.1 Å². The Morgan fingerprint density at radius 3 is 2.18 bits per heavy atom. The lowest BCUT2D eigenvalue weighted by Crippen LogP contribution is -1.89. The first-order chi connectivity index (χ1) is 13.6. The van der Waals surface area contributed by atoms with Gasteiger partial charge in [0.15, 0.2) is 0 Å².